The van der Waals surface area contributed by atoms with Crippen molar-refractivity contribution in [3.63, 3.8) is 0 Å². The van der Waals surface area contributed by atoms with Crippen LogP contribution in [0.2, 0.25) is 10.0 Å². The van der Waals surface area contributed by atoms with Gasteiger partial charge in [0.2, 0.25) is 5.91 Å². The van der Waals surface area contributed by atoms with Crippen LogP contribution in [0.5, 0.6) is 0 Å². The first kappa shape index (κ1) is 22.5. The quantitative estimate of drug-likeness (QED) is 0.839. The molecule has 132 valence electrons. The highest BCUT2D eigenvalue weighted by Crippen LogP contribution is 2.26. The maximum atomic E-state index is 12.3. The molecule has 1 atom stereocenters. The molecule has 0 saturated carbocycles. The lowest BCUT2D eigenvalue weighted by atomic mass is 10.1. The number of halogens is 4. The van der Waals surface area contributed by atoms with Gasteiger partial charge in [-0.05, 0) is 13.1 Å². The van der Waals surface area contributed by atoms with E-state index in [0.29, 0.717) is 29.7 Å². The number of hydrogen-bond donors (Lipinski definition) is 1. The van der Waals surface area contributed by atoms with Crippen molar-refractivity contribution in [2.24, 2.45) is 5.92 Å². The summed E-state index contributed by atoms with van der Waals surface area (Å²) in [5.41, 5.74) is 0. The Kier molecular flexibility index (Phi) is 10.2. The predicted octanol–water partition coefficient (Wildman–Crippen LogP) is 2.74. The molecule has 1 aromatic heterocycles. The Morgan fingerprint density at radius 1 is 1.30 bits per heavy atom. The van der Waals surface area contributed by atoms with E-state index in [2.05, 4.69) is 15.2 Å². The number of amides is 1. The fourth-order valence-electron chi connectivity index (χ4n) is 2.48. The summed E-state index contributed by atoms with van der Waals surface area (Å²) in [7, 11) is 1.86. The first-order valence-electron chi connectivity index (χ1n) is 7.02. The van der Waals surface area contributed by atoms with Gasteiger partial charge in [0.25, 0.3) is 0 Å². The molecule has 1 saturated heterocycles. The van der Waals surface area contributed by atoms with E-state index in [4.69, 9.17) is 23.2 Å². The van der Waals surface area contributed by atoms with Crippen LogP contribution in [-0.2, 0) is 4.79 Å². The number of carbonyl (C=O) groups excluding carboxylic acids is 1. The molecular weight excluding hydrogens is 382 g/mol. The van der Waals surface area contributed by atoms with Crippen LogP contribution in [-0.4, -0.2) is 55.6 Å². The number of hydrogen-bond acceptors (Lipinski definition) is 4. The number of aromatic nitrogens is 1. The van der Waals surface area contributed by atoms with Gasteiger partial charge >= 0.3 is 0 Å². The molecule has 5 nitrogen and oxygen atoms in total. The Bertz CT molecular complexity index is 510. The lowest BCUT2D eigenvalue weighted by molar-refractivity contribution is -0.135. The highest BCUT2D eigenvalue weighted by molar-refractivity contribution is 6.36. The van der Waals surface area contributed by atoms with Crippen molar-refractivity contribution in [3.8, 4) is 0 Å². The summed E-state index contributed by atoms with van der Waals surface area (Å²) in [6.07, 6.45) is 1.59. The molecule has 0 aromatic carbocycles. The number of rotatable bonds is 4. The number of nitrogens with one attached hydrogen (secondary N) is 1. The summed E-state index contributed by atoms with van der Waals surface area (Å²) in [5, 5.41) is 4.11. The Morgan fingerprint density at radius 3 is 2.43 bits per heavy atom. The number of piperazine rings is 1. The maximum absolute atomic E-state index is 12.3. The normalized spacial score (nSPS) is 15.5. The number of anilines is 1. The third-order valence-electron chi connectivity index (χ3n) is 3.61. The van der Waals surface area contributed by atoms with Gasteiger partial charge in [-0.25, -0.2) is 4.98 Å². The molecule has 2 heterocycles. The van der Waals surface area contributed by atoms with E-state index >= 15 is 0 Å². The smallest absolute Gasteiger partial charge is 0.226 e. The second-order valence-electron chi connectivity index (χ2n) is 5.23. The van der Waals surface area contributed by atoms with Crippen LogP contribution in [0.1, 0.15) is 6.92 Å². The van der Waals surface area contributed by atoms with Gasteiger partial charge in [0, 0.05) is 44.8 Å². The average molecular weight is 404 g/mol. The molecule has 1 fully saturated rings. The van der Waals surface area contributed by atoms with E-state index in [1.165, 1.54) is 0 Å². The summed E-state index contributed by atoms with van der Waals surface area (Å²) >= 11 is 12.0. The van der Waals surface area contributed by atoms with Crippen LogP contribution in [0, 0.1) is 5.92 Å². The van der Waals surface area contributed by atoms with E-state index in [1.807, 2.05) is 18.9 Å². The topological polar surface area (TPSA) is 48.5 Å². The summed E-state index contributed by atoms with van der Waals surface area (Å²) in [6.45, 7) is 5.48. The minimum Gasteiger partial charge on any atom is -0.352 e. The van der Waals surface area contributed by atoms with Crippen LogP contribution in [0.15, 0.2) is 12.3 Å². The molecule has 0 radical (unpaired) electrons. The zero-order valence-corrected chi connectivity index (χ0v) is 16.2. The Balaban J connectivity index is 0.00000242. The molecule has 1 aliphatic heterocycles. The lowest BCUT2D eigenvalue weighted by Gasteiger charge is -2.36. The minimum atomic E-state index is -0.00112. The van der Waals surface area contributed by atoms with Gasteiger partial charge in [-0.15, -0.1) is 24.8 Å². The molecule has 1 N–H and O–H groups in total. The average Bonchev–Trinajstić information content (AvgIpc) is 2.47. The van der Waals surface area contributed by atoms with E-state index in [-0.39, 0.29) is 36.6 Å². The second-order valence-corrected chi connectivity index (χ2v) is 6.07. The fourth-order valence-corrected chi connectivity index (χ4v) is 2.98. The Labute approximate surface area is 159 Å². The molecule has 0 spiro atoms. The van der Waals surface area contributed by atoms with Gasteiger partial charge in [-0.3, -0.25) is 4.79 Å². The lowest BCUT2D eigenvalue weighted by Crippen LogP contribution is -2.51. The van der Waals surface area contributed by atoms with Gasteiger partial charge in [-0.1, -0.05) is 30.1 Å². The highest BCUT2D eigenvalue weighted by atomic mass is 35.5. The van der Waals surface area contributed by atoms with E-state index in [0.717, 1.165) is 18.9 Å². The molecule has 1 aromatic rings. The third kappa shape index (κ3) is 5.84. The largest absolute Gasteiger partial charge is 0.352 e. The number of pyridine rings is 1. The van der Waals surface area contributed by atoms with Crippen molar-refractivity contribution in [1.29, 1.82) is 0 Å². The van der Waals surface area contributed by atoms with Crippen molar-refractivity contribution in [2.75, 3.05) is 44.7 Å². The summed E-state index contributed by atoms with van der Waals surface area (Å²) < 4.78 is 0. The minimum absolute atomic E-state index is 0. The molecule has 0 aliphatic carbocycles. The molecule has 0 bridgehead atoms. The van der Waals surface area contributed by atoms with Crippen LogP contribution in [0.4, 0.5) is 5.82 Å². The number of nitrogens with zero attached hydrogens (tertiary/aromatic N) is 3. The summed E-state index contributed by atoms with van der Waals surface area (Å²) in [6, 6.07) is 1.69. The zero-order chi connectivity index (χ0) is 15.4. The van der Waals surface area contributed by atoms with Gasteiger partial charge in [-0.2, -0.15) is 0 Å². The van der Waals surface area contributed by atoms with Crippen molar-refractivity contribution in [3.05, 3.63) is 22.3 Å². The van der Waals surface area contributed by atoms with Crippen molar-refractivity contribution < 1.29 is 4.79 Å². The van der Waals surface area contributed by atoms with Gasteiger partial charge in [0.15, 0.2) is 0 Å². The highest BCUT2D eigenvalue weighted by Gasteiger charge is 2.25. The summed E-state index contributed by atoms with van der Waals surface area (Å²) in [5.74, 6) is 0.925. The van der Waals surface area contributed by atoms with Gasteiger partial charge in [0.1, 0.15) is 5.82 Å². The third-order valence-corrected chi connectivity index (χ3v) is 4.10. The number of carbonyl (C=O) groups is 1. The van der Waals surface area contributed by atoms with Crippen LogP contribution in [0.3, 0.4) is 0 Å². The van der Waals surface area contributed by atoms with E-state index < -0.39 is 0 Å². The van der Waals surface area contributed by atoms with Crippen LogP contribution < -0.4 is 10.2 Å². The zero-order valence-electron chi connectivity index (χ0n) is 13.1. The van der Waals surface area contributed by atoms with Gasteiger partial charge in [0.05, 0.1) is 10.0 Å². The predicted molar refractivity (Wildman–Crippen MR) is 101 cm³/mol. The first-order valence-corrected chi connectivity index (χ1v) is 7.78. The molecule has 9 heteroatoms. The van der Waals surface area contributed by atoms with Crippen LogP contribution in [0.25, 0.3) is 0 Å². The molecular formula is C14H22Cl4N4O. The van der Waals surface area contributed by atoms with E-state index in [9.17, 15) is 4.79 Å². The van der Waals surface area contributed by atoms with E-state index in [1.54, 1.807) is 12.3 Å². The fraction of sp³-hybridized carbons (Fsp3) is 0.571. The first-order chi connectivity index (χ1) is 10.0. The maximum Gasteiger partial charge on any atom is 0.226 e. The molecule has 1 unspecified atom stereocenters. The molecule has 1 amide bonds. The monoisotopic (exact) mass is 402 g/mol. The standard InChI is InChI=1S/C14H20Cl2N4O.2ClH/c1-10(8-17-2)14(21)20-5-3-19(4-6-20)13-12(16)7-11(15)9-18-13;;/h7,9-10,17H,3-6,8H2,1-2H3;2*1H. The van der Waals surface area contributed by atoms with Crippen molar-refractivity contribution in [2.45, 2.75) is 6.92 Å². The Morgan fingerprint density at radius 2 is 1.91 bits per heavy atom. The second kappa shape index (κ2) is 10.4. The van der Waals surface area contributed by atoms with Gasteiger partial charge < -0.3 is 15.1 Å². The van der Waals surface area contributed by atoms with Crippen LogP contribution >= 0.6 is 48.0 Å². The molecule has 1 aliphatic rings. The Hall–Kier alpha value is -0.460. The van der Waals surface area contributed by atoms with Crippen molar-refractivity contribution >= 4 is 59.7 Å². The SMILES string of the molecule is CNCC(C)C(=O)N1CCN(c2ncc(Cl)cc2Cl)CC1.Cl.Cl. The molecule has 2 rings (SSSR count). The van der Waals surface area contributed by atoms with Crippen molar-refractivity contribution in [1.82, 2.24) is 15.2 Å². The molecule has 23 heavy (non-hydrogen) atoms. The summed E-state index contributed by atoms with van der Waals surface area (Å²) in [4.78, 5) is 20.5.